The van der Waals surface area contributed by atoms with E-state index in [1.807, 2.05) is 0 Å². The Morgan fingerprint density at radius 3 is 1.70 bits per heavy atom. The fourth-order valence-electron chi connectivity index (χ4n) is 7.82. The van der Waals surface area contributed by atoms with Crippen LogP contribution in [0.15, 0.2) is 12.1 Å². The zero-order chi connectivity index (χ0) is 24.5. The van der Waals surface area contributed by atoms with Crippen LogP contribution in [-0.2, 0) is 16.2 Å². The molecule has 0 amide bonds. The molecule has 0 aromatic heterocycles. The van der Waals surface area contributed by atoms with Crippen molar-refractivity contribution in [3.63, 3.8) is 0 Å². The van der Waals surface area contributed by atoms with Crippen LogP contribution in [0.5, 0.6) is 34.5 Å². The average molecular weight is 457 g/mol. The Morgan fingerprint density at radius 1 is 0.727 bits per heavy atom. The molecule has 0 saturated carbocycles. The smallest absolute Gasteiger partial charge is 0.200 e. The first kappa shape index (κ1) is 23.4. The van der Waals surface area contributed by atoms with Crippen LogP contribution < -0.4 is 0 Å². The largest absolute Gasteiger partial charge is 0.504 e. The van der Waals surface area contributed by atoms with E-state index in [1.165, 1.54) is 0 Å². The minimum atomic E-state index is -0.724. The maximum atomic E-state index is 11.1. The number of fused-ring (bicyclic) bond motifs is 4. The monoisotopic (exact) mass is 456 g/mol. The van der Waals surface area contributed by atoms with E-state index in [0.29, 0.717) is 17.5 Å². The molecule has 0 saturated heterocycles. The van der Waals surface area contributed by atoms with E-state index >= 15 is 0 Å². The second-order valence-corrected chi connectivity index (χ2v) is 10.6. The molecule has 0 bridgehead atoms. The molecule has 1 spiro atoms. The molecule has 2 aliphatic carbocycles. The lowest BCUT2D eigenvalue weighted by molar-refractivity contribution is 0.182. The highest BCUT2D eigenvalue weighted by molar-refractivity contribution is 5.73. The lowest BCUT2D eigenvalue weighted by atomic mass is 9.61. The van der Waals surface area contributed by atoms with E-state index in [4.69, 9.17) is 0 Å². The highest BCUT2D eigenvalue weighted by atomic mass is 16.3. The summed E-state index contributed by atoms with van der Waals surface area (Å²) in [5.41, 5.74) is 0.976. The first-order valence-corrected chi connectivity index (χ1v) is 12.0. The highest BCUT2D eigenvalue weighted by Gasteiger charge is 2.65. The summed E-state index contributed by atoms with van der Waals surface area (Å²) >= 11 is 0. The third-order valence-electron chi connectivity index (χ3n) is 8.66. The van der Waals surface area contributed by atoms with Gasteiger partial charge in [-0.25, -0.2) is 0 Å². The third kappa shape index (κ3) is 2.72. The maximum Gasteiger partial charge on any atom is 0.200 e. The van der Waals surface area contributed by atoms with E-state index in [2.05, 4.69) is 34.6 Å². The van der Waals surface area contributed by atoms with Crippen molar-refractivity contribution in [1.82, 2.24) is 0 Å². The molecule has 33 heavy (non-hydrogen) atoms. The SMILES string of the molecule is CCCC1(C)CC2(c3cc(O)c(O)c(O)c31)c1cc(O)c(O)c(O)c1C(C)(CCC)C2CC. The minimum Gasteiger partial charge on any atom is -0.504 e. The molecule has 2 aliphatic rings. The average Bonchev–Trinajstić information content (AvgIpc) is 3.10. The molecule has 2 aromatic carbocycles. The van der Waals surface area contributed by atoms with Crippen LogP contribution in [0.2, 0.25) is 0 Å². The summed E-state index contributed by atoms with van der Waals surface area (Å²) < 4.78 is 0. The molecule has 0 aliphatic heterocycles. The van der Waals surface area contributed by atoms with Gasteiger partial charge in [0.1, 0.15) is 0 Å². The van der Waals surface area contributed by atoms with Crippen molar-refractivity contribution in [2.75, 3.05) is 0 Å². The number of hydrogen-bond donors (Lipinski definition) is 6. The number of phenols is 6. The van der Waals surface area contributed by atoms with E-state index in [0.717, 1.165) is 43.2 Å². The van der Waals surface area contributed by atoms with Crippen LogP contribution in [0, 0.1) is 5.92 Å². The molecule has 4 unspecified atom stereocenters. The van der Waals surface area contributed by atoms with E-state index in [1.54, 1.807) is 12.1 Å². The van der Waals surface area contributed by atoms with Gasteiger partial charge in [-0.15, -0.1) is 0 Å². The van der Waals surface area contributed by atoms with Gasteiger partial charge in [-0.2, -0.15) is 0 Å². The van der Waals surface area contributed by atoms with Crippen molar-refractivity contribution < 1.29 is 30.6 Å². The fraction of sp³-hybridized carbons (Fsp3) is 0.556. The quantitative estimate of drug-likeness (QED) is 0.318. The second-order valence-electron chi connectivity index (χ2n) is 10.6. The first-order chi connectivity index (χ1) is 15.4. The standard InChI is InChI=1S/C27H36O6/c1-6-9-25(4)13-27(14-11-16(28)21(30)23(32)19(14)25)15-12-17(29)22(31)24(33)20(15)26(5,10-7-2)18(27)8-3/h11-12,18,28-33H,6-10,13H2,1-5H3. The Morgan fingerprint density at radius 2 is 1.21 bits per heavy atom. The molecule has 6 nitrogen and oxygen atoms in total. The molecule has 180 valence electrons. The van der Waals surface area contributed by atoms with Gasteiger partial charge in [-0.05, 0) is 53.9 Å². The molecule has 2 aromatic rings. The molecule has 4 rings (SSSR count). The van der Waals surface area contributed by atoms with E-state index in [-0.39, 0.29) is 28.9 Å². The number of rotatable bonds is 5. The zero-order valence-corrected chi connectivity index (χ0v) is 20.2. The van der Waals surface area contributed by atoms with Crippen molar-refractivity contribution in [1.29, 1.82) is 0 Å². The number of benzene rings is 2. The summed E-state index contributed by atoms with van der Waals surface area (Å²) in [7, 11) is 0. The second kappa shape index (κ2) is 7.37. The normalized spacial score (nSPS) is 30.0. The Balaban J connectivity index is 2.19. The van der Waals surface area contributed by atoms with Crippen LogP contribution in [0.25, 0.3) is 0 Å². The number of hydrogen-bond acceptors (Lipinski definition) is 6. The van der Waals surface area contributed by atoms with Crippen molar-refractivity contribution in [3.05, 3.63) is 34.4 Å². The van der Waals surface area contributed by atoms with Crippen LogP contribution in [0.4, 0.5) is 0 Å². The predicted octanol–water partition coefficient (Wildman–Crippen LogP) is 5.77. The maximum absolute atomic E-state index is 11.1. The topological polar surface area (TPSA) is 121 Å². The van der Waals surface area contributed by atoms with Gasteiger partial charge < -0.3 is 30.6 Å². The summed E-state index contributed by atoms with van der Waals surface area (Å²) in [6, 6.07) is 3.10. The van der Waals surface area contributed by atoms with Crippen LogP contribution in [0.3, 0.4) is 0 Å². The molecule has 6 heteroatoms. The predicted molar refractivity (Wildman–Crippen MR) is 127 cm³/mol. The number of aromatic hydroxyl groups is 6. The molecule has 6 N–H and O–H groups in total. The lowest BCUT2D eigenvalue weighted by Crippen LogP contribution is -2.40. The van der Waals surface area contributed by atoms with Gasteiger partial charge in [0, 0.05) is 22.0 Å². The van der Waals surface area contributed by atoms with Gasteiger partial charge >= 0.3 is 0 Å². The van der Waals surface area contributed by atoms with Gasteiger partial charge in [-0.1, -0.05) is 53.9 Å². The van der Waals surface area contributed by atoms with Gasteiger partial charge in [-0.3, -0.25) is 0 Å². The summed E-state index contributed by atoms with van der Waals surface area (Å²) in [6.07, 6.45) is 4.56. The highest BCUT2D eigenvalue weighted by Crippen LogP contribution is 2.72. The van der Waals surface area contributed by atoms with Crippen LogP contribution in [-0.4, -0.2) is 30.6 Å². The van der Waals surface area contributed by atoms with E-state index < -0.39 is 27.7 Å². The van der Waals surface area contributed by atoms with Crippen LogP contribution >= 0.6 is 0 Å². The zero-order valence-electron chi connectivity index (χ0n) is 20.2. The Bertz CT molecular complexity index is 1110. The summed E-state index contributed by atoms with van der Waals surface area (Å²) in [5, 5.41) is 64.1. The number of phenolic OH excluding ortho intramolecular Hbond substituents is 6. The summed E-state index contributed by atoms with van der Waals surface area (Å²) in [6.45, 7) is 10.4. The van der Waals surface area contributed by atoms with Crippen molar-refractivity contribution in [2.45, 2.75) is 89.4 Å². The van der Waals surface area contributed by atoms with Crippen molar-refractivity contribution in [2.24, 2.45) is 5.92 Å². The Labute approximate surface area is 195 Å². The fourth-order valence-corrected chi connectivity index (χ4v) is 7.82. The molecule has 4 atom stereocenters. The third-order valence-corrected chi connectivity index (χ3v) is 8.66. The Kier molecular flexibility index (Phi) is 5.23. The summed E-state index contributed by atoms with van der Waals surface area (Å²) in [4.78, 5) is 0. The first-order valence-electron chi connectivity index (χ1n) is 12.0. The molecule has 0 radical (unpaired) electrons. The minimum absolute atomic E-state index is 0.0344. The van der Waals surface area contributed by atoms with Gasteiger partial charge in [0.25, 0.3) is 0 Å². The molecular weight excluding hydrogens is 420 g/mol. The molecule has 0 fully saturated rings. The van der Waals surface area contributed by atoms with Gasteiger partial charge in [0.2, 0.25) is 11.5 Å². The lowest BCUT2D eigenvalue weighted by Gasteiger charge is -2.41. The molecule has 0 heterocycles. The van der Waals surface area contributed by atoms with Crippen molar-refractivity contribution in [3.8, 4) is 34.5 Å². The Hall–Kier alpha value is -2.76. The van der Waals surface area contributed by atoms with Crippen molar-refractivity contribution >= 4 is 0 Å². The van der Waals surface area contributed by atoms with Gasteiger partial charge in [0.05, 0.1) is 0 Å². The van der Waals surface area contributed by atoms with Gasteiger partial charge in [0.15, 0.2) is 23.0 Å². The summed E-state index contributed by atoms with van der Waals surface area (Å²) in [5.74, 6) is -2.45. The molecular formula is C27H36O6. The van der Waals surface area contributed by atoms with Crippen LogP contribution in [0.1, 0.15) is 95.4 Å². The van der Waals surface area contributed by atoms with E-state index in [9.17, 15) is 30.6 Å².